The number of fused-ring (bicyclic) bond motifs is 2. The third kappa shape index (κ3) is 11.1. The molecule has 4 fully saturated rings. The number of carbonyl (C=O) groups is 2. The maximum absolute atomic E-state index is 9.00. The summed E-state index contributed by atoms with van der Waals surface area (Å²) >= 11 is 0. The van der Waals surface area contributed by atoms with Crippen molar-refractivity contribution < 1.29 is 60.6 Å². The first kappa shape index (κ1) is 43.7. The second kappa shape index (κ2) is 21.2. The Labute approximate surface area is 339 Å². The Morgan fingerprint density at radius 1 is 0.577 bits per heavy atom. The second-order valence-corrected chi connectivity index (χ2v) is 16.7. The molecule has 0 radical (unpaired) electrons. The predicted molar refractivity (Wildman–Crippen MR) is 209 cm³/mol. The number of aliphatic carboxylic acids is 2. The van der Waals surface area contributed by atoms with Crippen LogP contribution in [0.4, 0.5) is 11.4 Å². The van der Waals surface area contributed by atoms with Crippen molar-refractivity contribution in [3.63, 3.8) is 0 Å². The molecule has 4 saturated heterocycles. The molecule has 8 nitrogen and oxygen atoms in total. The van der Waals surface area contributed by atoms with E-state index in [1.807, 2.05) is 0 Å². The van der Waals surface area contributed by atoms with E-state index in [1.54, 1.807) is 0 Å². The molecule has 0 spiro atoms. The van der Waals surface area contributed by atoms with Gasteiger partial charge in [0.15, 0.2) is 0 Å². The molecule has 2 unspecified atom stereocenters. The van der Waals surface area contributed by atoms with Gasteiger partial charge in [-0.15, -0.1) is 24.3 Å². The van der Waals surface area contributed by atoms with E-state index in [4.69, 9.17) is 19.8 Å². The minimum atomic E-state index is -0.833. The van der Waals surface area contributed by atoms with E-state index in [0.29, 0.717) is 0 Å². The number of hydrogen-bond donors (Lipinski definition) is 2. The first-order valence-corrected chi connectivity index (χ1v) is 19.6. The fourth-order valence-electron chi connectivity index (χ4n) is 6.92. The van der Waals surface area contributed by atoms with Gasteiger partial charge in [-0.05, 0) is 49.9 Å². The molecule has 2 N–H and O–H groups in total. The molecule has 4 heterocycles. The average Bonchev–Trinajstić information content (AvgIpc) is 3.88. The molecule has 52 heavy (non-hydrogen) atoms. The minimum absolute atomic E-state index is 0. The van der Waals surface area contributed by atoms with E-state index in [9.17, 15) is 0 Å². The fourth-order valence-corrected chi connectivity index (χ4v) is 12.7. The zero-order valence-electron chi connectivity index (χ0n) is 29.6. The van der Waals surface area contributed by atoms with Gasteiger partial charge in [0.1, 0.15) is 0 Å². The van der Waals surface area contributed by atoms with Crippen LogP contribution in [-0.2, 0) is 50.4 Å². The normalized spacial score (nSPS) is 21.3. The van der Waals surface area contributed by atoms with Crippen LogP contribution in [-0.4, -0.2) is 69.8 Å². The van der Waals surface area contributed by atoms with Gasteiger partial charge >= 0.3 is 0 Å². The summed E-state index contributed by atoms with van der Waals surface area (Å²) in [6.07, 6.45) is 5.35. The Hall–Kier alpha value is -2.74. The number of rotatable bonds is 4. The summed E-state index contributed by atoms with van der Waals surface area (Å²) < 4.78 is 10.7. The molecule has 0 saturated carbocycles. The monoisotopic (exact) mass is 922 g/mol. The summed E-state index contributed by atoms with van der Waals surface area (Å²) in [6.45, 7) is 15.5. The van der Waals surface area contributed by atoms with Gasteiger partial charge in [0.05, 0.1) is 0 Å². The SMILES string of the molecule is CC(=O)O.CC(=O)O.[CH2-]c1ccccc1P1N(c2ccccc2)C[C@@H]2CCCN21.[CH2-]c1ccccc1P1N(c2ccccc2)C[C@@H]2CCCN21.[Pd].[Pd]. The Kier molecular flexibility index (Phi) is 17.8. The van der Waals surface area contributed by atoms with Crippen LogP contribution in [0.25, 0.3) is 0 Å². The Morgan fingerprint density at radius 2 is 0.885 bits per heavy atom. The summed E-state index contributed by atoms with van der Waals surface area (Å²) in [7, 11) is -0.874. The first-order chi connectivity index (χ1) is 24.2. The van der Waals surface area contributed by atoms with Crippen molar-refractivity contribution in [2.75, 3.05) is 35.5 Å². The number of hydrogen-bond acceptors (Lipinski definition) is 6. The van der Waals surface area contributed by atoms with Crippen molar-refractivity contribution >= 4 is 50.4 Å². The molecular weight excluding hydrogens is 875 g/mol. The van der Waals surface area contributed by atoms with Crippen molar-refractivity contribution in [3.05, 3.63) is 134 Å². The molecule has 4 aromatic carbocycles. The number of para-hydroxylation sites is 2. The maximum atomic E-state index is 9.00. The van der Waals surface area contributed by atoms with Crippen LogP contribution in [0.3, 0.4) is 0 Å². The zero-order chi connectivity index (χ0) is 35.6. The molecule has 4 aliphatic rings. The number of nitrogens with zero attached hydrogens (tertiary/aromatic N) is 4. The Morgan fingerprint density at radius 3 is 1.21 bits per heavy atom. The molecule has 284 valence electrons. The van der Waals surface area contributed by atoms with Crippen LogP contribution < -0.4 is 19.9 Å². The van der Waals surface area contributed by atoms with E-state index in [-0.39, 0.29) is 40.8 Å². The molecule has 8 rings (SSSR count). The molecule has 0 amide bonds. The number of carboxylic acid groups (broad SMARTS) is 2. The molecule has 0 aliphatic carbocycles. The van der Waals surface area contributed by atoms with Gasteiger partial charge in [-0.3, -0.25) is 18.9 Å². The first-order valence-electron chi connectivity index (χ1n) is 17.1. The van der Waals surface area contributed by atoms with Gasteiger partial charge in [0.2, 0.25) is 0 Å². The average molecular weight is 924 g/mol. The standard InChI is InChI=1S/2C18H20N2P.2C2H4O2.2Pd/c2*1-15-8-5-6-12-18(15)21-19-13-7-11-17(19)14-20(21)16-9-3-2-4-10-16;2*1-2(3)4;;/h2*2-6,8-10,12,17H,1,7,11,13-14H2;2*1H3,(H,3,4);;/q2*-1;;;;/t2*17-,21?;;;;/m00..../s1. The molecule has 4 aliphatic heterocycles. The van der Waals surface area contributed by atoms with Crippen molar-refractivity contribution in [1.29, 1.82) is 0 Å². The molecule has 0 aromatic heterocycles. The van der Waals surface area contributed by atoms with Crippen LogP contribution in [0.5, 0.6) is 0 Å². The van der Waals surface area contributed by atoms with Gasteiger partial charge in [0, 0.05) is 121 Å². The zero-order valence-corrected chi connectivity index (χ0v) is 34.5. The minimum Gasteiger partial charge on any atom is -0.481 e. The summed E-state index contributed by atoms with van der Waals surface area (Å²) in [4.78, 5) is 18.0. The van der Waals surface area contributed by atoms with Crippen LogP contribution in [0.1, 0.15) is 50.7 Å². The third-order valence-corrected chi connectivity index (χ3v) is 14.4. The van der Waals surface area contributed by atoms with Crippen molar-refractivity contribution in [3.8, 4) is 0 Å². The Bertz CT molecular complexity index is 1570. The third-order valence-electron chi connectivity index (χ3n) is 8.93. The van der Waals surface area contributed by atoms with Gasteiger partial charge in [-0.1, -0.05) is 59.1 Å². The summed E-state index contributed by atoms with van der Waals surface area (Å²) in [5.74, 6) is -1.67. The second-order valence-electron chi connectivity index (χ2n) is 12.6. The van der Waals surface area contributed by atoms with Gasteiger partial charge in [0.25, 0.3) is 11.9 Å². The number of carboxylic acids is 2. The van der Waals surface area contributed by atoms with E-state index in [2.05, 4.69) is 142 Å². The fraction of sp³-hybridized carbons (Fsp3) is 0.300. The van der Waals surface area contributed by atoms with Gasteiger partial charge in [-0.2, -0.15) is 37.1 Å². The van der Waals surface area contributed by atoms with Crippen molar-refractivity contribution in [2.24, 2.45) is 0 Å². The van der Waals surface area contributed by atoms with Gasteiger partial charge in [-0.25, -0.2) is 0 Å². The van der Waals surface area contributed by atoms with Crippen LogP contribution in [0.2, 0.25) is 0 Å². The predicted octanol–water partition coefficient (Wildman–Crippen LogP) is 7.76. The van der Waals surface area contributed by atoms with E-state index in [1.165, 1.54) is 71.9 Å². The van der Waals surface area contributed by atoms with Crippen molar-refractivity contribution in [2.45, 2.75) is 51.6 Å². The van der Waals surface area contributed by atoms with Crippen molar-refractivity contribution in [1.82, 2.24) is 9.34 Å². The van der Waals surface area contributed by atoms with E-state index in [0.717, 1.165) is 39.0 Å². The largest absolute Gasteiger partial charge is 0.481 e. The smallest absolute Gasteiger partial charge is 0.300 e. The van der Waals surface area contributed by atoms with Crippen LogP contribution in [0, 0.1) is 13.8 Å². The molecule has 0 bridgehead atoms. The van der Waals surface area contributed by atoms with Gasteiger partial charge < -0.3 is 19.6 Å². The summed E-state index contributed by atoms with van der Waals surface area (Å²) in [6, 6.07) is 40.5. The van der Waals surface area contributed by atoms with E-state index < -0.39 is 28.4 Å². The maximum Gasteiger partial charge on any atom is 0.300 e. The van der Waals surface area contributed by atoms with Crippen LogP contribution >= 0.6 is 16.4 Å². The number of anilines is 2. The summed E-state index contributed by atoms with van der Waals surface area (Å²) in [5, 5.41) is 17.7. The quantitative estimate of drug-likeness (QED) is 0.122. The molecule has 4 aromatic rings. The topological polar surface area (TPSA) is 87.6 Å². The summed E-state index contributed by atoms with van der Waals surface area (Å²) in [5.41, 5.74) is 5.05. The molecular formula is C40H48N4O4P2Pd2-2. The molecule has 4 atom stereocenters. The van der Waals surface area contributed by atoms with Crippen LogP contribution in [0.15, 0.2) is 109 Å². The van der Waals surface area contributed by atoms with E-state index >= 15 is 0 Å². The Balaban J connectivity index is 0.000000226. The molecule has 12 heteroatoms. The number of benzene rings is 4.